The van der Waals surface area contributed by atoms with Crippen LogP contribution in [0.2, 0.25) is 0 Å². The van der Waals surface area contributed by atoms with Crippen molar-refractivity contribution in [1.82, 2.24) is 10.1 Å². The third-order valence-electron chi connectivity index (χ3n) is 3.35. The summed E-state index contributed by atoms with van der Waals surface area (Å²) in [6.45, 7) is -0.342. The molecule has 20 heavy (non-hydrogen) atoms. The van der Waals surface area contributed by atoms with Crippen molar-refractivity contribution >= 4 is 5.97 Å². The van der Waals surface area contributed by atoms with E-state index < -0.39 is 5.97 Å². The number of ether oxygens (including phenoxy) is 1. The molecule has 2 aromatic rings. The lowest BCUT2D eigenvalue weighted by atomic mass is 10.1. The summed E-state index contributed by atoms with van der Waals surface area (Å²) in [6.07, 6.45) is 1.82. The van der Waals surface area contributed by atoms with E-state index in [9.17, 15) is 4.79 Å². The second kappa shape index (κ2) is 5.42. The van der Waals surface area contributed by atoms with Gasteiger partial charge in [-0.3, -0.25) is 0 Å². The van der Waals surface area contributed by atoms with Crippen molar-refractivity contribution in [3.63, 3.8) is 0 Å². The van der Waals surface area contributed by atoms with Gasteiger partial charge in [0.05, 0.1) is 0 Å². The maximum Gasteiger partial charge on any atom is 0.329 e. The Balaban J connectivity index is 1.62. The van der Waals surface area contributed by atoms with Crippen LogP contribution in [0.5, 0.6) is 0 Å². The highest BCUT2D eigenvalue weighted by Crippen LogP contribution is 2.32. The number of benzene rings is 1. The summed E-state index contributed by atoms with van der Waals surface area (Å²) in [5, 5.41) is 12.4. The summed E-state index contributed by atoms with van der Waals surface area (Å²) in [6, 6.07) is 8.30. The van der Waals surface area contributed by atoms with E-state index in [0.29, 0.717) is 11.7 Å². The number of hydrogen-bond donors (Lipinski definition) is 1. The van der Waals surface area contributed by atoms with Crippen molar-refractivity contribution in [2.24, 2.45) is 0 Å². The van der Waals surface area contributed by atoms with Gasteiger partial charge in [-0.2, -0.15) is 4.98 Å². The quantitative estimate of drug-likeness (QED) is 0.890. The number of carbonyl (C=O) groups is 1. The van der Waals surface area contributed by atoms with Gasteiger partial charge in [0.25, 0.3) is 5.89 Å². The average molecular weight is 274 g/mol. The van der Waals surface area contributed by atoms with E-state index in [0.717, 1.165) is 12.8 Å². The van der Waals surface area contributed by atoms with Gasteiger partial charge in [-0.15, -0.1) is 0 Å². The van der Waals surface area contributed by atoms with Crippen LogP contribution >= 0.6 is 0 Å². The molecule has 0 saturated heterocycles. The number of carboxylic acid groups (broad SMARTS) is 1. The third kappa shape index (κ3) is 2.70. The Morgan fingerprint density at radius 2 is 2.05 bits per heavy atom. The van der Waals surface area contributed by atoms with Gasteiger partial charge in [0.15, 0.2) is 5.82 Å². The van der Waals surface area contributed by atoms with E-state index in [1.807, 2.05) is 12.1 Å². The van der Waals surface area contributed by atoms with Gasteiger partial charge in [0, 0.05) is 5.92 Å². The van der Waals surface area contributed by atoms with Gasteiger partial charge >= 0.3 is 5.97 Å². The second-order valence-corrected chi connectivity index (χ2v) is 4.81. The molecule has 0 unspecified atom stereocenters. The Bertz CT molecular complexity index is 598. The Kier molecular flexibility index (Phi) is 3.47. The number of fused-ring (bicyclic) bond motifs is 1. The topological polar surface area (TPSA) is 85.5 Å². The molecule has 1 heterocycles. The van der Waals surface area contributed by atoms with Crippen LogP contribution in [0.15, 0.2) is 28.8 Å². The SMILES string of the molecule is O=C(O)COCc1nc(C2Cc3ccccc3C2)no1. The highest BCUT2D eigenvalue weighted by Gasteiger charge is 2.26. The first-order chi connectivity index (χ1) is 9.72. The van der Waals surface area contributed by atoms with Gasteiger partial charge in [0.2, 0.25) is 0 Å². The summed E-state index contributed by atoms with van der Waals surface area (Å²) in [5.41, 5.74) is 2.65. The van der Waals surface area contributed by atoms with Crippen LogP contribution in [0.25, 0.3) is 0 Å². The van der Waals surface area contributed by atoms with Crippen molar-refractivity contribution in [1.29, 1.82) is 0 Å². The van der Waals surface area contributed by atoms with Crippen LogP contribution in [-0.4, -0.2) is 27.8 Å². The zero-order valence-electron chi connectivity index (χ0n) is 10.8. The van der Waals surface area contributed by atoms with Crippen molar-refractivity contribution in [3.8, 4) is 0 Å². The molecule has 1 aliphatic carbocycles. The summed E-state index contributed by atoms with van der Waals surface area (Å²) < 4.78 is 10.0. The maximum atomic E-state index is 10.3. The molecule has 0 spiro atoms. The molecule has 6 heteroatoms. The van der Waals surface area contributed by atoms with Gasteiger partial charge in [-0.25, -0.2) is 4.79 Å². The summed E-state index contributed by atoms with van der Waals surface area (Å²) >= 11 is 0. The lowest BCUT2D eigenvalue weighted by Gasteiger charge is -2.00. The molecule has 0 aliphatic heterocycles. The zero-order valence-corrected chi connectivity index (χ0v) is 10.8. The Morgan fingerprint density at radius 1 is 1.35 bits per heavy atom. The van der Waals surface area contributed by atoms with Crippen LogP contribution in [0, 0.1) is 0 Å². The van der Waals surface area contributed by atoms with Crippen molar-refractivity contribution in [2.75, 3.05) is 6.61 Å². The number of carboxylic acids is 1. The van der Waals surface area contributed by atoms with Gasteiger partial charge in [-0.1, -0.05) is 29.4 Å². The first-order valence-electron chi connectivity index (χ1n) is 6.41. The van der Waals surface area contributed by atoms with Crippen molar-refractivity contribution < 1.29 is 19.2 Å². The largest absolute Gasteiger partial charge is 0.480 e. The molecule has 0 fully saturated rings. The molecule has 0 bridgehead atoms. The fraction of sp³-hybridized carbons (Fsp3) is 0.357. The van der Waals surface area contributed by atoms with E-state index in [1.165, 1.54) is 11.1 Å². The Labute approximate surface area is 115 Å². The van der Waals surface area contributed by atoms with E-state index in [2.05, 4.69) is 22.3 Å². The normalized spacial score (nSPS) is 14.4. The summed E-state index contributed by atoms with van der Waals surface area (Å²) in [7, 11) is 0. The molecule has 1 aromatic heterocycles. The predicted molar refractivity (Wildman–Crippen MR) is 68.2 cm³/mol. The van der Waals surface area contributed by atoms with E-state index in [4.69, 9.17) is 14.4 Å². The fourth-order valence-electron chi connectivity index (χ4n) is 2.46. The van der Waals surface area contributed by atoms with Gasteiger partial charge < -0.3 is 14.4 Å². The predicted octanol–water partition coefficient (Wildman–Crippen LogP) is 1.55. The lowest BCUT2D eigenvalue weighted by Crippen LogP contribution is -2.07. The fourth-order valence-corrected chi connectivity index (χ4v) is 2.46. The molecule has 6 nitrogen and oxygen atoms in total. The van der Waals surface area contributed by atoms with E-state index >= 15 is 0 Å². The standard InChI is InChI=1S/C14H14N2O4/c17-13(18)8-19-7-12-15-14(16-20-12)11-5-9-3-1-2-4-10(9)6-11/h1-4,11H,5-8H2,(H,17,18). The number of aromatic nitrogens is 2. The minimum atomic E-state index is -1.02. The summed E-state index contributed by atoms with van der Waals surface area (Å²) in [5.74, 6) is 0.188. The molecule has 0 amide bonds. The minimum Gasteiger partial charge on any atom is -0.480 e. The van der Waals surface area contributed by atoms with Crippen LogP contribution in [0.4, 0.5) is 0 Å². The molecular formula is C14H14N2O4. The van der Waals surface area contributed by atoms with Gasteiger partial charge in [0.1, 0.15) is 13.2 Å². The first kappa shape index (κ1) is 12.8. The van der Waals surface area contributed by atoms with Crippen LogP contribution in [0.3, 0.4) is 0 Å². The van der Waals surface area contributed by atoms with Crippen LogP contribution < -0.4 is 0 Å². The molecule has 0 radical (unpaired) electrons. The maximum absolute atomic E-state index is 10.3. The average Bonchev–Trinajstić information content (AvgIpc) is 3.03. The third-order valence-corrected chi connectivity index (χ3v) is 3.35. The molecule has 1 aliphatic rings. The monoisotopic (exact) mass is 274 g/mol. The zero-order chi connectivity index (χ0) is 13.9. The minimum absolute atomic E-state index is 0.0268. The number of rotatable bonds is 5. The van der Waals surface area contributed by atoms with Crippen LogP contribution in [-0.2, 0) is 29.0 Å². The van der Waals surface area contributed by atoms with E-state index in [1.54, 1.807) is 0 Å². The first-order valence-corrected chi connectivity index (χ1v) is 6.41. The van der Waals surface area contributed by atoms with Crippen molar-refractivity contribution in [2.45, 2.75) is 25.4 Å². The molecule has 0 atom stereocenters. The smallest absolute Gasteiger partial charge is 0.329 e. The molecule has 1 aromatic carbocycles. The molecule has 0 saturated carbocycles. The molecule has 1 N–H and O–H groups in total. The molecular weight excluding hydrogens is 260 g/mol. The number of aliphatic carboxylic acids is 1. The Morgan fingerprint density at radius 3 is 2.70 bits per heavy atom. The second-order valence-electron chi connectivity index (χ2n) is 4.81. The highest BCUT2D eigenvalue weighted by molar-refractivity contribution is 5.67. The lowest BCUT2D eigenvalue weighted by molar-refractivity contribution is -0.142. The van der Waals surface area contributed by atoms with Crippen molar-refractivity contribution in [3.05, 3.63) is 47.1 Å². The number of nitrogens with zero attached hydrogens (tertiary/aromatic N) is 2. The van der Waals surface area contributed by atoms with Crippen LogP contribution in [0.1, 0.15) is 28.8 Å². The summed E-state index contributed by atoms with van der Waals surface area (Å²) in [4.78, 5) is 14.6. The molecule has 3 rings (SSSR count). The Hall–Kier alpha value is -2.21. The molecule has 104 valence electrons. The van der Waals surface area contributed by atoms with E-state index in [-0.39, 0.29) is 19.1 Å². The number of hydrogen-bond acceptors (Lipinski definition) is 5. The highest BCUT2D eigenvalue weighted by atomic mass is 16.5. The van der Waals surface area contributed by atoms with Gasteiger partial charge in [-0.05, 0) is 24.0 Å².